The number of nitrogens with zero attached hydrogens (tertiary/aromatic N) is 3. The first kappa shape index (κ1) is 18.0. The normalized spacial score (nSPS) is 20.2. The fraction of sp³-hybridized carbons (Fsp3) is 0.444. The summed E-state index contributed by atoms with van der Waals surface area (Å²) in [6, 6.07) is 7.69. The number of amides is 1. The minimum atomic E-state index is -0.174. The maximum atomic E-state index is 12.2. The maximum Gasteiger partial charge on any atom is 0.286 e. The van der Waals surface area contributed by atoms with Gasteiger partial charge in [0, 0.05) is 32.7 Å². The van der Waals surface area contributed by atoms with Crippen LogP contribution in [0.15, 0.2) is 34.2 Å². The van der Waals surface area contributed by atoms with Crippen LogP contribution in [0.4, 0.5) is 0 Å². The van der Waals surface area contributed by atoms with E-state index in [1.807, 2.05) is 37.3 Å². The van der Waals surface area contributed by atoms with E-state index in [0.717, 1.165) is 42.7 Å². The fourth-order valence-corrected chi connectivity index (χ4v) is 3.78. The topological polar surface area (TPSA) is 65.4 Å². The summed E-state index contributed by atoms with van der Waals surface area (Å²) in [5, 5.41) is 9.79. The van der Waals surface area contributed by atoms with Crippen LogP contribution in [0.25, 0.3) is 6.08 Å². The molecule has 7 heteroatoms. The lowest BCUT2D eigenvalue weighted by molar-refractivity contribution is -0.113. The third kappa shape index (κ3) is 4.62. The molecular formula is C18H23N3O3S. The van der Waals surface area contributed by atoms with E-state index in [-0.39, 0.29) is 12.5 Å². The Kier molecular flexibility index (Phi) is 6.12. The van der Waals surface area contributed by atoms with Crippen LogP contribution in [-0.4, -0.2) is 71.9 Å². The van der Waals surface area contributed by atoms with Gasteiger partial charge in [0.05, 0.1) is 18.1 Å². The van der Waals surface area contributed by atoms with Crippen LogP contribution >= 0.6 is 11.8 Å². The van der Waals surface area contributed by atoms with Gasteiger partial charge in [0.1, 0.15) is 5.75 Å². The highest BCUT2D eigenvalue weighted by molar-refractivity contribution is 8.18. The molecule has 1 N–H and O–H groups in total. The Morgan fingerprint density at radius 1 is 1.24 bits per heavy atom. The number of β-amino-alcohol motifs (C(OH)–C–C–N with tert-alkyl or cyclic N) is 1. The number of thioether (sulfide) groups is 1. The highest BCUT2D eigenvalue weighted by Crippen LogP contribution is 2.31. The molecule has 1 fully saturated rings. The van der Waals surface area contributed by atoms with E-state index in [1.165, 1.54) is 11.8 Å². The Bertz CT molecular complexity index is 665. The van der Waals surface area contributed by atoms with E-state index >= 15 is 0 Å². The monoisotopic (exact) mass is 361 g/mol. The van der Waals surface area contributed by atoms with E-state index in [1.54, 1.807) is 0 Å². The van der Waals surface area contributed by atoms with E-state index in [2.05, 4.69) is 14.8 Å². The molecule has 0 bridgehead atoms. The average molecular weight is 361 g/mol. The quantitative estimate of drug-likeness (QED) is 0.805. The van der Waals surface area contributed by atoms with Crippen LogP contribution in [0, 0.1) is 0 Å². The van der Waals surface area contributed by atoms with Crippen molar-refractivity contribution in [1.29, 1.82) is 0 Å². The van der Waals surface area contributed by atoms with Crippen molar-refractivity contribution in [1.82, 2.24) is 9.80 Å². The van der Waals surface area contributed by atoms with Gasteiger partial charge in [0.15, 0.2) is 5.17 Å². The smallest absolute Gasteiger partial charge is 0.286 e. The Morgan fingerprint density at radius 3 is 2.60 bits per heavy atom. The van der Waals surface area contributed by atoms with Crippen molar-refractivity contribution in [3.8, 4) is 5.75 Å². The van der Waals surface area contributed by atoms with Gasteiger partial charge in [0.25, 0.3) is 5.91 Å². The molecule has 2 heterocycles. The number of benzene rings is 1. The van der Waals surface area contributed by atoms with Crippen molar-refractivity contribution in [2.24, 2.45) is 4.99 Å². The fourth-order valence-electron chi connectivity index (χ4n) is 2.82. The van der Waals surface area contributed by atoms with Crippen molar-refractivity contribution in [3.63, 3.8) is 0 Å². The highest BCUT2D eigenvalue weighted by Gasteiger charge is 2.28. The number of rotatable bonds is 5. The summed E-state index contributed by atoms with van der Waals surface area (Å²) in [4.78, 5) is 21.4. The van der Waals surface area contributed by atoms with Gasteiger partial charge in [-0.05, 0) is 42.5 Å². The van der Waals surface area contributed by atoms with Crippen LogP contribution in [0.2, 0.25) is 0 Å². The summed E-state index contributed by atoms with van der Waals surface area (Å²) in [7, 11) is 0. The highest BCUT2D eigenvalue weighted by atomic mass is 32.2. The number of carbonyl (C=O) groups is 1. The molecule has 3 rings (SSSR count). The molecule has 0 aliphatic carbocycles. The minimum absolute atomic E-state index is 0.174. The van der Waals surface area contributed by atoms with Crippen LogP contribution in [0.3, 0.4) is 0 Å². The van der Waals surface area contributed by atoms with E-state index in [4.69, 9.17) is 9.84 Å². The van der Waals surface area contributed by atoms with Crippen molar-refractivity contribution in [3.05, 3.63) is 34.7 Å². The molecule has 2 aliphatic heterocycles. The van der Waals surface area contributed by atoms with Crippen molar-refractivity contribution in [2.45, 2.75) is 6.92 Å². The predicted octanol–water partition coefficient (Wildman–Crippen LogP) is 1.67. The standard InChI is InChI=1S/C18H23N3O3S/c1-2-24-15-5-3-14(4-6-15)13-16-17(23)19-18(25-16)21-9-7-20(8-10-21)11-12-22/h3-6,13,22H,2,7-12H2,1H3. The van der Waals surface area contributed by atoms with Crippen molar-refractivity contribution in [2.75, 3.05) is 45.9 Å². The molecule has 0 atom stereocenters. The first-order valence-corrected chi connectivity index (χ1v) is 9.35. The molecule has 0 spiro atoms. The summed E-state index contributed by atoms with van der Waals surface area (Å²) in [6.45, 7) is 6.89. The molecule has 25 heavy (non-hydrogen) atoms. The van der Waals surface area contributed by atoms with E-state index in [0.29, 0.717) is 18.1 Å². The number of aliphatic hydroxyl groups excluding tert-OH is 1. The summed E-state index contributed by atoms with van der Waals surface area (Å²) >= 11 is 1.44. The van der Waals surface area contributed by atoms with Crippen LogP contribution in [-0.2, 0) is 4.79 Å². The lowest BCUT2D eigenvalue weighted by Gasteiger charge is -2.34. The number of ether oxygens (including phenoxy) is 1. The van der Waals surface area contributed by atoms with Gasteiger partial charge in [0.2, 0.25) is 0 Å². The molecule has 2 aliphatic rings. The largest absolute Gasteiger partial charge is 0.494 e. The molecule has 0 saturated carbocycles. The van der Waals surface area contributed by atoms with Gasteiger partial charge in [-0.1, -0.05) is 12.1 Å². The molecule has 1 saturated heterocycles. The lowest BCUT2D eigenvalue weighted by atomic mass is 10.2. The summed E-state index contributed by atoms with van der Waals surface area (Å²) < 4.78 is 5.43. The predicted molar refractivity (Wildman–Crippen MR) is 101 cm³/mol. The number of amidine groups is 1. The number of hydrogen-bond acceptors (Lipinski definition) is 6. The second-order valence-electron chi connectivity index (χ2n) is 5.86. The molecule has 0 aromatic heterocycles. The number of aliphatic hydroxyl groups is 1. The third-order valence-electron chi connectivity index (χ3n) is 4.16. The molecular weight excluding hydrogens is 338 g/mol. The van der Waals surface area contributed by atoms with Crippen LogP contribution < -0.4 is 4.74 Å². The number of hydrogen-bond donors (Lipinski definition) is 1. The number of aliphatic imine (C=N–C) groups is 1. The van der Waals surface area contributed by atoms with Gasteiger partial charge in [-0.2, -0.15) is 4.99 Å². The zero-order valence-corrected chi connectivity index (χ0v) is 15.2. The second-order valence-corrected chi connectivity index (χ2v) is 6.87. The number of piperazine rings is 1. The number of carbonyl (C=O) groups excluding carboxylic acids is 1. The molecule has 1 amide bonds. The third-order valence-corrected chi connectivity index (χ3v) is 5.20. The molecule has 6 nitrogen and oxygen atoms in total. The van der Waals surface area contributed by atoms with Gasteiger partial charge in [-0.15, -0.1) is 0 Å². The maximum absolute atomic E-state index is 12.2. The zero-order valence-electron chi connectivity index (χ0n) is 14.4. The molecule has 0 unspecified atom stereocenters. The average Bonchev–Trinajstić information content (AvgIpc) is 2.98. The Morgan fingerprint density at radius 2 is 1.96 bits per heavy atom. The first-order chi connectivity index (χ1) is 12.2. The van der Waals surface area contributed by atoms with Gasteiger partial charge >= 0.3 is 0 Å². The molecule has 1 aromatic rings. The zero-order chi connectivity index (χ0) is 17.6. The van der Waals surface area contributed by atoms with Gasteiger partial charge < -0.3 is 14.7 Å². The molecule has 134 valence electrons. The van der Waals surface area contributed by atoms with Gasteiger partial charge in [-0.3, -0.25) is 9.69 Å². The SMILES string of the molecule is CCOc1ccc(C=C2SC(N3CCN(CCO)CC3)=NC2=O)cc1. The summed E-state index contributed by atoms with van der Waals surface area (Å²) in [5.74, 6) is 0.652. The Hall–Kier alpha value is -1.83. The summed E-state index contributed by atoms with van der Waals surface area (Å²) in [6.07, 6.45) is 1.88. The Labute approximate surface area is 152 Å². The Balaban J connectivity index is 1.60. The minimum Gasteiger partial charge on any atom is -0.494 e. The first-order valence-electron chi connectivity index (χ1n) is 8.53. The molecule has 0 radical (unpaired) electrons. The van der Waals surface area contributed by atoms with Crippen molar-refractivity contribution >= 4 is 28.9 Å². The second kappa shape index (κ2) is 8.51. The molecule has 1 aromatic carbocycles. The van der Waals surface area contributed by atoms with E-state index < -0.39 is 0 Å². The van der Waals surface area contributed by atoms with E-state index in [9.17, 15) is 4.79 Å². The van der Waals surface area contributed by atoms with Gasteiger partial charge in [-0.25, -0.2) is 0 Å². The van der Waals surface area contributed by atoms with Crippen LogP contribution in [0.1, 0.15) is 12.5 Å². The van der Waals surface area contributed by atoms with Crippen LogP contribution in [0.5, 0.6) is 5.75 Å². The lowest BCUT2D eigenvalue weighted by Crippen LogP contribution is -2.48. The summed E-state index contributed by atoms with van der Waals surface area (Å²) in [5.41, 5.74) is 0.962. The van der Waals surface area contributed by atoms with Crippen molar-refractivity contribution < 1.29 is 14.6 Å².